The molecule has 2 unspecified atom stereocenters. The Hall–Kier alpha value is 0.110. The first-order valence-electron chi connectivity index (χ1n) is 20.6. The molecule has 272 valence electrons. The summed E-state index contributed by atoms with van der Waals surface area (Å²) in [6, 6.07) is 0. The molecule has 0 amide bonds. The Balaban J connectivity index is 5.34. The SMILES string of the molecule is CCCCCCCCCC(CCCCCCC)CC(CCCOP(=O)(O)O)CC(CCCCCCC)CCCCCCCCC. The predicted octanol–water partition coefficient (Wildman–Crippen LogP) is 14.5. The lowest BCUT2D eigenvalue weighted by Gasteiger charge is -2.28. The van der Waals surface area contributed by atoms with E-state index in [1.807, 2.05) is 0 Å². The maximum atomic E-state index is 11.3. The molecule has 4 nitrogen and oxygen atoms in total. The van der Waals surface area contributed by atoms with Gasteiger partial charge in [-0.05, 0) is 43.4 Å². The zero-order valence-corrected chi connectivity index (χ0v) is 32.1. The van der Waals surface area contributed by atoms with Crippen LogP contribution in [-0.4, -0.2) is 16.4 Å². The zero-order chi connectivity index (χ0) is 33.3. The lowest BCUT2D eigenvalue weighted by atomic mass is 9.78. The summed E-state index contributed by atoms with van der Waals surface area (Å²) in [5, 5.41) is 0. The fraction of sp³-hybridized carbons (Fsp3) is 1.00. The molecular formula is C40H83O4P. The maximum Gasteiger partial charge on any atom is 0.469 e. The molecule has 0 aromatic carbocycles. The standard InChI is InChI=1S/C40H83O4P/c1-5-9-13-17-19-23-27-32-38(30-25-21-15-11-7-3)36-40(34-29-35-44-45(41,42)43)37-39(31-26-22-16-12-8-4)33-28-24-20-18-14-10-6-2/h38-40H,5-37H2,1-4H3,(H2,41,42,43). The molecule has 0 rings (SSSR count). The summed E-state index contributed by atoms with van der Waals surface area (Å²) in [6.07, 6.45) is 42.8. The second-order valence-corrected chi connectivity index (χ2v) is 16.0. The largest absolute Gasteiger partial charge is 0.469 e. The van der Waals surface area contributed by atoms with Crippen molar-refractivity contribution in [2.45, 2.75) is 233 Å². The highest BCUT2D eigenvalue weighted by Gasteiger charge is 2.22. The van der Waals surface area contributed by atoms with Gasteiger partial charge < -0.3 is 9.79 Å². The summed E-state index contributed by atoms with van der Waals surface area (Å²) < 4.78 is 16.3. The van der Waals surface area contributed by atoms with Crippen molar-refractivity contribution in [3.05, 3.63) is 0 Å². The van der Waals surface area contributed by atoms with Gasteiger partial charge in [0.05, 0.1) is 6.61 Å². The van der Waals surface area contributed by atoms with Gasteiger partial charge in [0.1, 0.15) is 0 Å². The van der Waals surface area contributed by atoms with E-state index >= 15 is 0 Å². The van der Waals surface area contributed by atoms with Gasteiger partial charge in [0.25, 0.3) is 0 Å². The first-order valence-corrected chi connectivity index (χ1v) is 22.1. The van der Waals surface area contributed by atoms with Crippen molar-refractivity contribution >= 4 is 7.82 Å². The van der Waals surface area contributed by atoms with Crippen LogP contribution in [-0.2, 0) is 9.09 Å². The number of unbranched alkanes of at least 4 members (excludes halogenated alkanes) is 20. The smallest absolute Gasteiger partial charge is 0.303 e. The van der Waals surface area contributed by atoms with E-state index in [-0.39, 0.29) is 6.61 Å². The maximum absolute atomic E-state index is 11.3. The normalized spacial score (nSPS) is 14.2. The van der Waals surface area contributed by atoms with E-state index in [4.69, 9.17) is 4.52 Å². The summed E-state index contributed by atoms with van der Waals surface area (Å²) in [6.45, 7) is 9.38. The van der Waals surface area contributed by atoms with E-state index in [1.54, 1.807) is 0 Å². The summed E-state index contributed by atoms with van der Waals surface area (Å²) in [5.74, 6) is 2.26. The Kier molecular flexibility index (Phi) is 34.1. The monoisotopic (exact) mass is 659 g/mol. The highest BCUT2D eigenvalue weighted by molar-refractivity contribution is 7.46. The van der Waals surface area contributed by atoms with Crippen molar-refractivity contribution in [2.24, 2.45) is 17.8 Å². The second-order valence-electron chi connectivity index (χ2n) is 14.8. The van der Waals surface area contributed by atoms with Crippen LogP contribution < -0.4 is 0 Å². The number of hydrogen-bond donors (Lipinski definition) is 2. The van der Waals surface area contributed by atoms with Gasteiger partial charge in [0.2, 0.25) is 0 Å². The lowest BCUT2D eigenvalue weighted by molar-refractivity contribution is 0.180. The van der Waals surface area contributed by atoms with Gasteiger partial charge in [-0.15, -0.1) is 0 Å². The van der Waals surface area contributed by atoms with Crippen molar-refractivity contribution in [2.75, 3.05) is 6.61 Å². The molecule has 0 aliphatic rings. The average Bonchev–Trinajstić information content (AvgIpc) is 3.01. The molecule has 0 saturated heterocycles. The van der Waals surface area contributed by atoms with Crippen LogP contribution in [0.25, 0.3) is 0 Å². The molecule has 0 fully saturated rings. The van der Waals surface area contributed by atoms with E-state index in [1.165, 1.54) is 193 Å². The van der Waals surface area contributed by atoms with Crippen LogP contribution >= 0.6 is 7.82 Å². The number of phosphoric ester groups is 1. The second kappa shape index (κ2) is 34.0. The molecule has 0 aliphatic heterocycles. The summed E-state index contributed by atoms with van der Waals surface area (Å²) >= 11 is 0. The Morgan fingerprint density at radius 2 is 0.667 bits per heavy atom. The fourth-order valence-corrected chi connectivity index (χ4v) is 7.81. The molecule has 5 heteroatoms. The van der Waals surface area contributed by atoms with Crippen molar-refractivity contribution in [3.8, 4) is 0 Å². The van der Waals surface area contributed by atoms with Crippen LogP contribution in [0.3, 0.4) is 0 Å². The Morgan fingerprint density at radius 1 is 0.400 bits per heavy atom. The van der Waals surface area contributed by atoms with Crippen LogP contribution in [0, 0.1) is 17.8 Å². The Labute approximate surface area is 283 Å². The molecule has 0 heterocycles. The van der Waals surface area contributed by atoms with Crippen molar-refractivity contribution in [3.63, 3.8) is 0 Å². The molecule has 45 heavy (non-hydrogen) atoms. The van der Waals surface area contributed by atoms with Crippen LogP contribution in [0.2, 0.25) is 0 Å². The first kappa shape index (κ1) is 45.1. The molecule has 0 radical (unpaired) electrons. The van der Waals surface area contributed by atoms with Gasteiger partial charge in [0, 0.05) is 0 Å². The van der Waals surface area contributed by atoms with Crippen molar-refractivity contribution in [1.29, 1.82) is 0 Å². The molecule has 2 N–H and O–H groups in total. The summed E-state index contributed by atoms with van der Waals surface area (Å²) in [4.78, 5) is 18.5. The molecule has 2 atom stereocenters. The van der Waals surface area contributed by atoms with E-state index in [2.05, 4.69) is 27.7 Å². The minimum atomic E-state index is -4.39. The summed E-state index contributed by atoms with van der Waals surface area (Å²) in [7, 11) is -4.39. The minimum Gasteiger partial charge on any atom is -0.303 e. The Morgan fingerprint density at radius 3 is 0.956 bits per heavy atom. The lowest BCUT2D eigenvalue weighted by Crippen LogP contribution is -2.15. The van der Waals surface area contributed by atoms with Gasteiger partial charge in [0.15, 0.2) is 0 Å². The first-order chi connectivity index (χ1) is 21.9. The van der Waals surface area contributed by atoms with Crippen LogP contribution in [0.1, 0.15) is 233 Å². The third kappa shape index (κ3) is 33.8. The van der Waals surface area contributed by atoms with Crippen LogP contribution in [0.4, 0.5) is 0 Å². The highest BCUT2D eigenvalue weighted by atomic mass is 31.2. The number of rotatable bonds is 37. The highest BCUT2D eigenvalue weighted by Crippen LogP contribution is 2.37. The molecule has 0 saturated carbocycles. The van der Waals surface area contributed by atoms with Crippen LogP contribution in [0.15, 0.2) is 0 Å². The average molecular weight is 659 g/mol. The van der Waals surface area contributed by atoms with E-state index < -0.39 is 7.82 Å². The number of phosphoric acid groups is 1. The van der Waals surface area contributed by atoms with Gasteiger partial charge >= 0.3 is 7.82 Å². The van der Waals surface area contributed by atoms with Gasteiger partial charge in [-0.2, -0.15) is 0 Å². The number of hydrogen-bond acceptors (Lipinski definition) is 2. The van der Waals surface area contributed by atoms with E-state index in [0.717, 1.165) is 24.7 Å². The molecule has 0 spiro atoms. The predicted molar refractivity (Wildman–Crippen MR) is 199 cm³/mol. The third-order valence-electron chi connectivity index (χ3n) is 10.2. The summed E-state index contributed by atoms with van der Waals surface area (Å²) in [5.41, 5.74) is 0. The Bertz CT molecular complexity index is 583. The quantitative estimate of drug-likeness (QED) is 0.0515. The van der Waals surface area contributed by atoms with Gasteiger partial charge in [-0.1, -0.05) is 207 Å². The van der Waals surface area contributed by atoms with Crippen molar-refractivity contribution in [1.82, 2.24) is 0 Å². The van der Waals surface area contributed by atoms with Crippen molar-refractivity contribution < 1.29 is 18.9 Å². The minimum absolute atomic E-state index is 0.180. The molecule has 0 aliphatic carbocycles. The third-order valence-corrected chi connectivity index (χ3v) is 10.7. The van der Waals surface area contributed by atoms with Crippen LogP contribution in [0.5, 0.6) is 0 Å². The topological polar surface area (TPSA) is 66.8 Å². The molecule has 0 aromatic rings. The zero-order valence-electron chi connectivity index (χ0n) is 31.2. The molecule has 0 bridgehead atoms. The molecule has 0 aromatic heterocycles. The van der Waals surface area contributed by atoms with E-state index in [9.17, 15) is 14.4 Å². The fourth-order valence-electron chi connectivity index (χ4n) is 7.44. The molecular weight excluding hydrogens is 575 g/mol. The van der Waals surface area contributed by atoms with E-state index in [0.29, 0.717) is 5.92 Å². The van der Waals surface area contributed by atoms with Gasteiger partial charge in [-0.3, -0.25) is 4.52 Å². The van der Waals surface area contributed by atoms with Gasteiger partial charge in [-0.25, -0.2) is 4.57 Å².